The van der Waals surface area contributed by atoms with Gasteiger partial charge in [0.2, 0.25) is 11.7 Å². The zero-order valence-electron chi connectivity index (χ0n) is 16.6. The number of anilines is 1. The van der Waals surface area contributed by atoms with Gasteiger partial charge in [0.05, 0.1) is 0 Å². The van der Waals surface area contributed by atoms with Crippen LogP contribution in [0.1, 0.15) is 16.7 Å². The Morgan fingerprint density at radius 3 is 2.55 bits per heavy atom. The number of hydrogen-bond donors (Lipinski definition) is 1. The molecule has 2 aromatic carbocycles. The third-order valence-electron chi connectivity index (χ3n) is 4.75. The molecule has 0 aliphatic heterocycles. The number of nitrogens with zero attached hydrogens (tertiary/aromatic N) is 3. The highest BCUT2D eigenvalue weighted by atomic mass is 16.5. The van der Waals surface area contributed by atoms with Crippen molar-refractivity contribution in [2.75, 3.05) is 5.32 Å². The van der Waals surface area contributed by atoms with Crippen LogP contribution in [-0.4, -0.2) is 20.6 Å². The van der Waals surface area contributed by atoms with Crippen LogP contribution in [-0.2, 0) is 11.3 Å². The van der Waals surface area contributed by atoms with E-state index in [0.29, 0.717) is 17.4 Å². The number of aryl methyl sites for hydroxylation is 3. The maximum atomic E-state index is 12.6. The van der Waals surface area contributed by atoms with Crippen LogP contribution in [0.25, 0.3) is 23.0 Å². The lowest BCUT2D eigenvalue weighted by molar-refractivity contribution is -0.116. The van der Waals surface area contributed by atoms with Crippen molar-refractivity contribution in [1.82, 2.24) is 14.7 Å². The molecule has 0 radical (unpaired) electrons. The Hall–Kier alpha value is -3.67. The zero-order valence-corrected chi connectivity index (χ0v) is 16.6. The molecule has 0 unspecified atom stereocenters. The lowest BCUT2D eigenvalue weighted by Crippen LogP contribution is -2.19. The van der Waals surface area contributed by atoms with Crippen molar-refractivity contribution >= 4 is 11.6 Å². The Kier molecular flexibility index (Phi) is 4.99. The van der Waals surface area contributed by atoms with Gasteiger partial charge in [-0.15, -0.1) is 0 Å². The van der Waals surface area contributed by atoms with E-state index in [1.54, 1.807) is 4.57 Å². The molecule has 0 aliphatic rings. The van der Waals surface area contributed by atoms with E-state index >= 15 is 0 Å². The summed E-state index contributed by atoms with van der Waals surface area (Å²) in [6.45, 7) is 6.19. The van der Waals surface area contributed by atoms with Crippen LogP contribution >= 0.6 is 0 Å². The van der Waals surface area contributed by atoms with Gasteiger partial charge in [0.25, 0.3) is 5.89 Å². The molecule has 6 nitrogen and oxygen atoms in total. The molecule has 4 rings (SSSR count). The lowest BCUT2D eigenvalue weighted by Gasteiger charge is -2.10. The van der Waals surface area contributed by atoms with Gasteiger partial charge in [-0.3, -0.25) is 4.79 Å². The Bertz CT molecular complexity index is 1160. The molecule has 0 spiro atoms. The molecular formula is C23H22N4O2. The molecule has 2 heterocycles. The Labute approximate surface area is 169 Å². The van der Waals surface area contributed by atoms with Gasteiger partial charge in [-0.1, -0.05) is 52.7 Å². The first-order chi connectivity index (χ1) is 14.0. The van der Waals surface area contributed by atoms with Crippen molar-refractivity contribution in [1.29, 1.82) is 0 Å². The van der Waals surface area contributed by atoms with Crippen molar-refractivity contribution in [2.45, 2.75) is 27.3 Å². The summed E-state index contributed by atoms with van der Waals surface area (Å²) in [5.41, 5.74) is 5.76. The predicted molar refractivity (Wildman–Crippen MR) is 112 cm³/mol. The zero-order chi connectivity index (χ0) is 20.4. The van der Waals surface area contributed by atoms with Crippen LogP contribution in [0.4, 0.5) is 5.69 Å². The highest BCUT2D eigenvalue weighted by molar-refractivity contribution is 5.91. The van der Waals surface area contributed by atoms with E-state index in [0.717, 1.165) is 22.4 Å². The Morgan fingerprint density at radius 2 is 1.79 bits per heavy atom. The van der Waals surface area contributed by atoms with Crippen LogP contribution in [0.2, 0.25) is 0 Å². The molecule has 0 aliphatic carbocycles. The van der Waals surface area contributed by atoms with Crippen molar-refractivity contribution in [3.63, 3.8) is 0 Å². The second kappa shape index (κ2) is 7.75. The Balaban J connectivity index is 1.51. The summed E-state index contributed by atoms with van der Waals surface area (Å²) in [5.74, 6) is 0.782. The molecule has 6 heteroatoms. The minimum absolute atomic E-state index is 0.118. The maximum absolute atomic E-state index is 12.6. The maximum Gasteiger partial charge on any atom is 0.274 e. The van der Waals surface area contributed by atoms with E-state index in [1.807, 2.05) is 81.6 Å². The molecule has 1 N–H and O–H groups in total. The molecule has 29 heavy (non-hydrogen) atoms. The fourth-order valence-corrected chi connectivity index (χ4v) is 3.19. The van der Waals surface area contributed by atoms with Crippen LogP contribution < -0.4 is 5.32 Å². The monoisotopic (exact) mass is 386 g/mol. The fourth-order valence-electron chi connectivity index (χ4n) is 3.19. The third kappa shape index (κ3) is 4.11. The summed E-state index contributed by atoms with van der Waals surface area (Å²) in [6, 6.07) is 17.6. The molecule has 0 atom stereocenters. The average molecular weight is 386 g/mol. The number of amides is 1. The number of hydrogen-bond acceptors (Lipinski definition) is 4. The van der Waals surface area contributed by atoms with E-state index in [4.69, 9.17) is 4.52 Å². The van der Waals surface area contributed by atoms with E-state index in [-0.39, 0.29) is 12.5 Å². The Morgan fingerprint density at radius 1 is 1.03 bits per heavy atom. The summed E-state index contributed by atoms with van der Waals surface area (Å²) in [7, 11) is 0. The summed E-state index contributed by atoms with van der Waals surface area (Å²) >= 11 is 0. The minimum atomic E-state index is -0.118. The molecule has 0 fully saturated rings. The van der Waals surface area contributed by atoms with Crippen molar-refractivity contribution < 1.29 is 9.32 Å². The van der Waals surface area contributed by atoms with Crippen molar-refractivity contribution in [3.8, 4) is 23.0 Å². The largest absolute Gasteiger partial charge is 0.334 e. The molecule has 146 valence electrons. The van der Waals surface area contributed by atoms with Crippen LogP contribution in [0.3, 0.4) is 0 Å². The van der Waals surface area contributed by atoms with Crippen molar-refractivity contribution in [3.05, 3.63) is 77.5 Å². The van der Waals surface area contributed by atoms with Gasteiger partial charge in [0.15, 0.2) is 0 Å². The molecular weight excluding hydrogens is 364 g/mol. The number of carbonyl (C=O) groups is 1. The SMILES string of the molecule is Cc1ccc(-c2noc(-c3cccn3CC(=O)Nc3ccc(C)cc3C)n2)cc1. The quantitative estimate of drug-likeness (QED) is 0.536. The number of aromatic nitrogens is 3. The first-order valence-corrected chi connectivity index (χ1v) is 9.43. The number of benzene rings is 2. The fraction of sp³-hybridized carbons (Fsp3) is 0.174. The molecule has 0 bridgehead atoms. The predicted octanol–water partition coefficient (Wildman–Crippen LogP) is 4.77. The van der Waals surface area contributed by atoms with Gasteiger partial charge >= 0.3 is 0 Å². The summed E-state index contributed by atoms with van der Waals surface area (Å²) in [5, 5.41) is 7.04. The lowest BCUT2D eigenvalue weighted by atomic mass is 10.1. The number of nitrogens with one attached hydrogen (secondary N) is 1. The van der Waals surface area contributed by atoms with Gasteiger partial charge in [-0.2, -0.15) is 4.98 Å². The van der Waals surface area contributed by atoms with Gasteiger partial charge in [0.1, 0.15) is 12.2 Å². The minimum Gasteiger partial charge on any atom is -0.334 e. The first kappa shape index (κ1) is 18.7. The normalized spacial score (nSPS) is 10.9. The summed E-state index contributed by atoms with van der Waals surface area (Å²) in [4.78, 5) is 17.1. The second-order valence-corrected chi connectivity index (χ2v) is 7.18. The second-order valence-electron chi connectivity index (χ2n) is 7.18. The van der Waals surface area contributed by atoms with Gasteiger partial charge < -0.3 is 14.4 Å². The molecule has 0 saturated heterocycles. The van der Waals surface area contributed by atoms with E-state index in [2.05, 4.69) is 15.5 Å². The van der Waals surface area contributed by atoms with Crippen LogP contribution in [0, 0.1) is 20.8 Å². The highest BCUT2D eigenvalue weighted by Gasteiger charge is 2.16. The van der Waals surface area contributed by atoms with Gasteiger partial charge in [-0.25, -0.2) is 0 Å². The van der Waals surface area contributed by atoms with E-state index in [1.165, 1.54) is 5.56 Å². The third-order valence-corrected chi connectivity index (χ3v) is 4.75. The van der Waals surface area contributed by atoms with Crippen molar-refractivity contribution in [2.24, 2.45) is 0 Å². The van der Waals surface area contributed by atoms with Crippen LogP contribution in [0.15, 0.2) is 65.3 Å². The molecule has 1 amide bonds. The van der Waals surface area contributed by atoms with E-state index < -0.39 is 0 Å². The van der Waals surface area contributed by atoms with Crippen LogP contribution in [0.5, 0.6) is 0 Å². The topological polar surface area (TPSA) is 73.0 Å². The number of carbonyl (C=O) groups excluding carboxylic acids is 1. The van der Waals surface area contributed by atoms with Gasteiger partial charge in [-0.05, 0) is 44.5 Å². The summed E-state index contributed by atoms with van der Waals surface area (Å²) in [6.07, 6.45) is 1.83. The number of rotatable bonds is 5. The standard InChI is InChI=1S/C23H22N4O2/c1-15-6-9-18(10-7-15)22-25-23(29-26-22)20-5-4-12-27(20)14-21(28)24-19-11-8-16(2)13-17(19)3/h4-13H,14H2,1-3H3,(H,24,28). The van der Waals surface area contributed by atoms with Gasteiger partial charge in [0, 0.05) is 17.4 Å². The molecule has 4 aromatic rings. The highest BCUT2D eigenvalue weighted by Crippen LogP contribution is 2.23. The summed E-state index contributed by atoms with van der Waals surface area (Å²) < 4.78 is 7.25. The molecule has 0 saturated carbocycles. The average Bonchev–Trinajstić information content (AvgIpc) is 3.34. The first-order valence-electron chi connectivity index (χ1n) is 9.43. The smallest absolute Gasteiger partial charge is 0.274 e. The van der Waals surface area contributed by atoms with E-state index in [9.17, 15) is 4.79 Å². The molecule has 2 aromatic heterocycles.